The third-order valence-electron chi connectivity index (χ3n) is 6.64. The molecule has 3 heterocycles. The number of anilines is 5. The van der Waals surface area contributed by atoms with Gasteiger partial charge < -0.3 is 35.8 Å². The molecule has 2 aliphatic rings. The largest absolute Gasteiger partial charge is 0.465 e. The van der Waals surface area contributed by atoms with E-state index in [2.05, 4.69) is 25.9 Å². The van der Waals surface area contributed by atoms with E-state index in [1.54, 1.807) is 13.1 Å². The van der Waals surface area contributed by atoms with E-state index >= 15 is 0 Å². The number of carbonyl (C=O) groups excluding carboxylic acids is 2. The number of fused-ring (bicyclic) bond motifs is 1. The van der Waals surface area contributed by atoms with Crippen LogP contribution < -0.4 is 25.8 Å². The Labute approximate surface area is 226 Å². The fraction of sp³-hybridized carbons (Fsp3) is 0.458. The van der Waals surface area contributed by atoms with Crippen molar-refractivity contribution in [2.24, 2.45) is 5.92 Å². The van der Waals surface area contributed by atoms with Crippen LogP contribution in [0.5, 0.6) is 0 Å². The van der Waals surface area contributed by atoms with Crippen LogP contribution in [0.15, 0.2) is 29.3 Å². The fourth-order valence-electron chi connectivity index (χ4n) is 4.43. The Hall–Kier alpha value is -4.14. The Balaban J connectivity index is 1.52. The summed E-state index contributed by atoms with van der Waals surface area (Å²) < 4.78 is 24.7. The maximum atomic E-state index is 12.5. The predicted molar refractivity (Wildman–Crippen MR) is 145 cm³/mol. The number of nitrogens with one attached hydrogen (secondary N) is 3. The number of hydrogen-bond donors (Lipinski definition) is 4. The second-order valence-corrected chi connectivity index (χ2v) is 12.0. The molecule has 1 aromatic carbocycles. The van der Waals surface area contributed by atoms with Gasteiger partial charge in [-0.1, -0.05) is 0 Å². The molecular weight excluding hydrogens is 528 g/mol. The number of hydrogen-bond acceptors (Lipinski definition) is 9. The van der Waals surface area contributed by atoms with Crippen LogP contribution in [-0.4, -0.2) is 91.9 Å². The Kier molecular flexibility index (Phi) is 7.81. The van der Waals surface area contributed by atoms with Crippen LogP contribution in [0.4, 0.5) is 38.4 Å². The first-order chi connectivity index (χ1) is 18.3. The number of likely N-dealkylation sites (N-methyl/N-ethyl adjacent to an activating group) is 1. The molecule has 4 N–H and O–H groups in total. The van der Waals surface area contributed by atoms with E-state index in [4.69, 9.17) is 5.11 Å². The zero-order valence-electron chi connectivity index (χ0n) is 22.1. The van der Waals surface area contributed by atoms with Crippen molar-refractivity contribution in [3.8, 4) is 0 Å². The summed E-state index contributed by atoms with van der Waals surface area (Å²) >= 11 is 0. The van der Waals surface area contributed by atoms with Crippen LogP contribution >= 0.6 is 0 Å². The molecule has 0 aliphatic carbocycles. The third-order valence-corrected chi connectivity index (χ3v) is 7.73. The first kappa shape index (κ1) is 27.9. The lowest BCUT2D eigenvalue weighted by molar-refractivity contribution is -0.117. The van der Waals surface area contributed by atoms with Crippen LogP contribution in [0, 0.1) is 5.92 Å². The quantitative estimate of drug-likeness (QED) is 0.391. The van der Waals surface area contributed by atoms with Gasteiger partial charge in [-0.25, -0.2) is 23.0 Å². The number of likely N-dealkylation sites (tertiary alicyclic amines) is 1. The summed E-state index contributed by atoms with van der Waals surface area (Å²) in [6, 6.07) is 3.76. The third kappa shape index (κ3) is 6.47. The highest BCUT2D eigenvalue weighted by molar-refractivity contribution is 7.90. The van der Waals surface area contributed by atoms with Crippen molar-refractivity contribution < 1.29 is 27.9 Å². The van der Waals surface area contributed by atoms with Crippen molar-refractivity contribution >= 4 is 56.7 Å². The molecule has 2 aliphatic heterocycles. The zero-order chi connectivity index (χ0) is 28.5. The summed E-state index contributed by atoms with van der Waals surface area (Å²) in [7, 11) is -1.97. The summed E-state index contributed by atoms with van der Waals surface area (Å²) in [5.74, 6) is 0.664. The standard InChI is InChI=1S/C24H32N8O6S/c1-14(2)32-13-20(33)30(3)19-11-25-22(29-21(19)32)27-16-7-17(9-18(8-16)39(4,37)38)28-23(34)26-10-15-5-6-31(12-15)24(35)36/h7-9,11,14-15H,5-6,10,12-13H2,1-4H3,(H,35,36)(H,25,27,29)(H2,26,28,34)/t15-/m1/s1. The van der Waals surface area contributed by atoms with Crippen molar-refractivity contribution in [3.05, 3.63) is 24.4 Å². The highest BCUT2D eigenvalue weighted by Gasteiger charge is 2.30. The molecular formula is C24H32N8O6S. The summed E-state index contributed by atoms with van der Waals surface area (Å²) in [6.45, 7) is 5.10. The number of amides is 4. The molecule has 39 heavy (non-hydrogen) atoms. The average molecular weight is 561 g/mol. The van der Waals surface area contributed by atoms with Gasteiger partial charge in [-0.3, -0.25) is 4.79 Å². The number of sulfone groups is 1. The molecule has 0 spiro atoms. The molecule has 0 radical (unpaired) electrons. The minimum Gasteiger partial charge on any atom is -0.465 e. The van der Waals surface area contributed by atoms with E-state index in [-0.39, 0.29) is 47.5 Å². The van der Waals surface area contributed by atoms with E-state index in [0.717, 1.165) is 6.26 Å². The van der Waals surface area contributed by atoms with Gasteiger partial charge in [-0.2, -0.15) is 4.98 Å². The highest BCUT2D eigenvalue weighted by Crippen LogP contribution is 2.33. The molecule has 14 nitrogen and oxygen atoms in total. The van der Waals surface area contributed by atoms with Crippen molar-refractivity contribution in [2.45, 2.75) is 31.2 Å². The summed E-state index contributed by atoms with van der Waals surface area (Å²) in [6.07, 6.45) is 2.24. The number of benzene rings is 1. The number of urea groups is 1. The minimum absolute atomic E-state index is 0.00320. The van der Waals surface area contributed by atoms with Crippen LogP contribution in [0.1, 0.15) is 20.3 Å². The number of carbonyl (C=O) groups is 3. The van der Waals surface area contributed by atoms with Gasteiger partial charge in [-0.15, -0.1) is 0 Å². The molecule has 0 bridgehead atoms. The zero-order valence-corrected chi connectivity index (χ0v) is 22.9. The molecule has 4 rings (SSSR count). The molecule has 0 saturated carbocycles. The molecule has 2 aromatic rings. The average Bonchev–Trinajstić information content (AvgIpc) is 3.34. The van der Waals surface area contributed by atoms with E-state index in [1.165, 1.54) is 28.1 Å². The number of rotatable bonds is 7. The van der Waals surface area contributed by atoms with Gasteiger partial charge >= 0.3 is 12.1 Å². The Morgan fingerprint density at radius 2 is 1.92 bits per heavy atom. The molecule has 1 fully saturated rings. The van der Waals surface area contributed by atoms with Gasteiger partial charge in [0.05, 0.1) is 17.6 Å². The van der Waals surface area contributed by atoms with Crippen molar-refractivity contribution in [1.29, 1.82) is 0 Å². The van der Waals surface area contributed by atoms with Gasteiger partial charge in [0.1, 0.15) is 5.69 Å². The summed E-state index contributed by atoms with van der Waals surface area (Å²) in [5, 5.41) is 17.5. The molecule has 15 heteroatoms. The van der Waals surface area contributed by atoms with E-state index in [0.29, 0.717) is 36.7 Å². The Morgan fingerprint density at radius 1 is 1.21 bits per heavy atom. The maximum absolute atomic E-state index is 12.5. The van der Waals surface area contributed by atoms with E-state index in [1.807, 2.05) is 18.7 Å². The van der Waals surface area contributed by atoms with Crippen LogP contribution in [0.2, 0.25) is 0 Å². The van der Waals surface area contributed by atoms with Gasteiger partial charge in [0.25, 0.3) is 0 Å². The monoisotopic (exact) mass is 560 g/mol. The van der Waals surface area contributed by atoms with Crippen molar-refractivity contribution in [1.82, 2.24) is 20.2 Å². The lowest BCUT2D eigenvalue weighted by atomic mass is 10.1. The lowest BCUT2D eigenvalue weighted by Gasteiger charge is -2.36. The first-order valence-electron chi connectivity index (χ1n) is 12.4. The molecule has 1 aromatic heterocycles. The number of carboxylic acid groups (broad SMARTS) is 1. The fourth-order valence-corrected chi connectivity index (χ4v) is 5.12. The van der Waals surface area contributed by atoms with Crippen LogP contribution in [0.25, 0.3) is 0 Å². The van der Waals surface area contributed by atoms with Crippen LogP contribution in [0.3, 0.4) is 0 Å². The molecule has 0 unspecified atom stereocenters. The van der Waals surface area contributed by atoms with Crippen LogP contribution in [-0.2, 0) is 14.6 Å². The number of aromatic nitrogens is 2. The maximum Gasteiger partial charge on any atom is 0.407 e. The first-order valence-corrected chi connectivity index (χ1v) is 14.3. The summed E-state index contributed by atoms with van der Waals surface area (Å²) in [5.41, 5.74) is 1.11. The van der Waals surface area contributed by atoms with Gasteiger partial charge in [0.2, 0.25) is 11.9 Å². The number of nitrogens with zero attached hydrogens (tertiary/aromatic N) is 5. The normalized spacial score (nSPS) is 17.3. The van der Waals surface area contributed by atoms with E-state index < -0.39 is 22.0 Å². The smallest absolute Gasteiger partial charge is 0.407 e. The highest BCUT2D eigenvalue weighted by atomic mass is 32.2. The summed E-state index contributed by atoms with van der Waals surface area (Å²) in [4.78, 5) is 49.5. The van der Waals surface area contributed by atoms with Gasteiger partial charge in [-0.05, 0) is 44.4 Å². The predicted octanol–water partition coefficient (Wildman–Crippen LogP) is 1.94. The van der Waals surface area contributed by atoms with Crippen molar-refractivity contribution in [2.75, 3.05) is 59.9 Å². The second-order valence-electron chi connectivity index (χ2n) is 9.94. The van der Waals surface area contributed by atoms with E-state index in [9.17, 15) is 22.8 Å². The molecule has 210 valence electrons. The Bertz CT molecular complexity index is 1400. The SMILES string of the molecule is CC(C)N1CC(=O)N(C)c2cnc(Nc3cc(NC(=O)NC[C@H]4CCN(C(=O)O)C4)cc(S(C)(=O)=O)c3)nc21. The molecule has 1 atom stereocenters. The second kappa shape index (κ2) is 10.9. The lowest BCUT2D eigenvalue weighted by Crippen LogP contribution is -2.47. The Morgan fingerprint density at radius 3 is 2.56 bits per heavy atom. The molecule has 1 saturated heterocycles. The molecule has 4 amide bonds. The van der Waals surface area contributed by atoms with Crippen molar-refractivity contribution in [3.63, 3.8) is 0 Å². The van der Waals surface area contributed by atoms with Gasteiger partial charge in [0, 0.05) is 50.4 Å². The topological polar surface area (TPSA) is 177 Å². The minimum atomic E-state index is -3.63. The van der Waals surface area contributed by atoms with Gasteiger partial charge in [0.15, 0.2) is 15.7 Å².